The summed E-state index contributed by atoms with van der Waals surface area (Å²) < 4.78 is 18.7. The van der Waals surface area contributed by atoms with E-state index in [1.54, 1.807) is 6.07 Å². The lowest BCUT2D eigenvalue weighted by Crippen LogP contribution is -2.34. The van der Waals surface area contributed by atoms with Crippen molar-refractivity contribution >= 4 is 0 Å². The van der Waals surface area contributed by atoms with E-state index in [4.69, 9.17) is 10.3 Å². The summed E-state index contributed by atoms with van der Waals surface area (Å²) in [4.78, 5) is 4.54. The molecule has 0 amide bonds. The van der Waals surface area contributed by atoms with Gasteiger partial charge in [0.1, 0.15) is 5.82 Å². The molecular formula is C16H18FN3O. The number of rotatable bonds is 2. The van der Waals surface area contributed by atoms with Gasteiger partial charge in [-0.05, 0) is 61.8 Å². The molecule has 2 aliphatic rings. The number of halogens is 1. The molecule has 21 heavy (non-hydrogen) atoms. The lowest BCUT2D eigenvalue weighted by atomic mass is 9.85. The third-order valence-electron chi connectivity index (χ3n) is 5.14. The van der Waals surface area contributed by atoms with Gasteiger partial charge in [0, 0.05) is 11.6 Å². The van der Waals surface area contributed by atoms with E-state index in [0.717, 1.165) is 11.1 Å². The molecule has 1 aromatic heterocycles. The molecule has 110 valence electrons. The highest BCUT2D eigenvalue weighted by atomic mass is 19.1. The second-order valence-electron chi connectivity index (χ2n) is 6.35. The lowest BCUT2D eigenvalue weighted by Gasteiger charge is -2.24. The minimum Gasteiger partial charge on any atom is -0.339 e. The number of aryl methyl sites for hydroxylation is 1. The first kappa shape index (κ1) is 13.0. The van der Waals surface area contributed by atoms with Gasteiger partial charge in [-0.2, -0.15) is 4.98 Å². The molecule has 2 fully saturated rings. The molecule has 0 aliphatic heterocycles. The fourth-order valence-corrected chi connectivity index (χ4v) is 4.06. The summed E-state index contributed by atoms with van der Waals surface area (Å²) in [5.74, 6) is 2.28. The van der Waals surface area contributed by atoms with E-state index in [9.17, 15) is 4.39 Å². The van der Waals surface area contributed by atoms with Gasteiger partial charge in [-0.1, -0.05) is 5.16 Å². The lowest BCUT2D eigenvalue weighted by molar-refractivity contribution is 0.279. The maximum absolute atomic E-state index is 13.2. The van der Waals surface area contributed by atoms with E-state index in [-0.39, 0.29) is 17.8 Å². The quantitative estimate of drug-likeness (QED) is 0.922. The van der Waals surface area contributed by atoms with Crippen LogP contribution in [0.2, 0.25) is 0 Å². The zero-order valence-electron chi connectivity index (χ0n) is 11.9. The molecule has 2 N–H and O–H groups in total. The van der Waals surface area contributed by atoms with Crippen molar-refractivity contribution in [3.05, 3.63) is 35.5 Å². The van der Waals surface area contributed by atoms with E-state index in [1.165, 1.54) is 31.4 Å². The predicted molar refractivity (Wildman–Crippen MR) is 76.0 cm³/mol. The van der Waals surface area contributed by atoms with Crippen molar-refractivity contribution < 1.29 is 8.91 Å². The van der Waals surface area contributed by atoms with E-state index in [2.05, 4.69) is 10.1 Å². The fraction of sp³-hybridized carbons (Fsp3) is 0.500. The van der Waals surface area contributed by atoms with Crippen LogP contribution in [0.5, 0.6) is 0 Å². The zero-order valence-corrected chi connectivity index (χ0v) is 11.9. The van der Waals surface area contributed by atoms with Crippen LogP contribution in [0.3, 0.4) is 0 Å². The standard InChI is InChI=1S/C16H18FN3O/c1-8-6-11(17)4-5-12(8)15-19-16(21-20-15)13-9-2-3-10(7-9)14(13)18/h4-6,9-10,13-14H,2-3,7,18H2,1H3. The maximum atomic E-state index is 13.2. The normalized spacial score (nSPS) is 31.0. The first-order chi connectivity index (χ1) is 10.1. The van der Waals surface area contributed by atoms with Gasteiger partial charge in [0.05, 0.1) is 5.92 Å². The Balaban J connectivity index is 1.67. The Bertz CT molecular complexity index is 682. The summed E-state index contributed by atoms with van der Waals surface area (Å²) >= 11 is 0. The van der Waals surface area contributed by atoms with Crippen molar-refractivity contribution in [1.29, 1.82) is 0 Å². The summed E-state index contributed by atoms with van der Waals surface area (Å²) in [5, 5.41) is 4.08. The second-order valence-corrected chi connectivity index (χ2v) is 6.35. The van der Waals surface area contributed by atoms with E-state index in [1.807, 2.05) is 6.92 Å². The molecule has 2 aromatic rings. The fourth-order valence-electron chi connectivity index (χ4n) is 4.06. The summed E-state index contributed by atoms with van der Waals surface area (Å²) in [5.41, 5.74) is 7.93. The molecule has 2 saturated carbocycles. The predicted octanol–water partition coefficient (Wildman–Crippen LogP) is 3.02. The molecule has 5 heteroatoms. The Kier molecular flexibility index (Phi) is 2.85. The molecule has 1 aromatic carbocycles. The van der Waals surface area contributed by atoms with Gasteiger partial charge in [0.25, 0.3) is 0 Å². The van der Waals surface area contributed by atoms with Gasteiger partial charge < -0.3 is 10.3 Å². The van der Waals surface area contributed by atoms with Crippen molar-refractivity contribution in [2.24, 2.45) is 17.6 Å². The zero-order chi connectivity index (χ0) is 14.6. The minimum atomic E-state index is -0.255. The van der Waals surface area contributed by atoms with E-state index >= 15 is 0 Å². The molecule has 2 aliphatic carbocycles. The van der Waals surface area contributed by atoms with Gasteiger partial charge >= 0.3 is 0 Å². The molecule has 4 rings (SSSR count). The molecular weight excluding hydrogens is 269 g/mol. The highest BCUT2D eigenvalue weighted by molar-refractivity contribution is 5.59. The maximum Gasteiger partial charge on any atom is 0.231 e. The number of fused-ring (bicyclic) bond motifs is 2. The largest absolute Gasteiger partial charge is 0.339 e. The number of hydrogen-bond donors (Lipinski definition) is 1. The van der Waals surface area contributed by atoms with Crippen LogP contribution in [0.25, 0.3) is 11.4 Å². The van der Waals surface area contributed by atoms with Crippen molar-refractivity contribution in [3.63, 3.8) is 0 Å². The van der Waals surface area contributed by atoms with Gasteiger partial charge in [0.2, 0.25) is 11.7 Å². The number of nitrogens with zero attached hydrogens (tertiary/aromatic N) is 2. The summed E-state index contributed by atoms with van der Waals surface area (Å²) in [7, 11) is 0. The van der Waals surface area contributed by atoms with Gasteiger partial charge in [0.15, 0.2) is 0 Å². The number of hydrogen-bond acceptors (Lipinski definition) is 4. The molecule has 4 unspecified atom stereocenters. The van der Waals surface area contributed by atoms with Crippen LogP contribution < -0.4 is 5.73 Å². The van der Waals surface area contributed by atoms with E-state index < -0.39 is 0 Å². The topological polar surface area (TPSA) is 64.9 Å². The first-order valence-electron chi connectivity index (χ1n) is 7.49. The summed E-state index contributed by atoms with van der Waals surface area (Å²) in [6.07, 6.45) is 3.61. The van der Waals surface area contributed by atoms with Crippen LogP contribution in [0, 0.1) is 24.6 Å². The van der Waals surface area contributed by atoms with Crippen LogP contribution in [-0.4, -0.2) is 16.2 Å². The smallest absolute Gasteiger partial charge is 0.231 e. The average Bonchev–Trinajstić information content (AvgIpc) is 3.13. The van der Waals surface area contributed by atoms with Crippen LogP contribution in [0.1, 0.15) is 36.6 Å². The van der Waals surface area contributed by atoms with Crippen molar-refractivity contribution in [1.82, 2.24) is 10.1 Å². The summed E-state index contributed by atoms with van der Waals surface area (Å²) in [6, 6.07) is 4.72. The van der Waals surface area contributed by atoms with Gasteiger partial charge in [-0.15, -0.1) is 0 Å². The summed E-state index contributed by atoms with van der Waals surface area (Å²) in [6.45, 7) is 1.84. The molecule has 0 spiro atoms. The number of nitrogens with two attached hydrogens (primary N) is 1. The highest BCUT2D eigenvalue weighted by Gasteiger charge is 2.48. The van der Waals surface area contributed by atoms with E-state index in [0.29, 0.717) is 23.6 Å². The number of aromatic nitrogens is 2. The van der Waals surface area contributed by atoms with Crippen molar-refractivity contribution in [2.45, 2.75) is 38.1 Å². The number of benzene rings is 1. The van der Waals surface area contributed by atoms with Crippen molar-refractivity contribution in [2.75, 3.05) is 0 Å². The monoisotopic (exact) mass is 287 g/mol. The van der Waals surface area contributed by atoms with Crippen molar-refractivity contribution in [3.8, 4) is 11.4 Å². The Labute approximate surface area is 122 Å². The van der Waals surface area contributed by atoms with Crippen LogP contribution in [0.15, 0.2) is 22.7 Å². The van der Waals surface area contributed by atoms with Gasteiger partial charge in [-0.25, -0.2) is 4.39 Å². The van der Waals surface area contributed by atoms with Crippen LogP contribution >= 0.6 is 0 Å². The van der Waals surface area contributed by atoms with Crippen LogP contribution in [-0.2, 0) is 0 Å². The Morgan fingerprint density at radius 3 is 2.81 bits per heavy atom. The Morgan fingerprint density at radius 1 is 1.29 bits per heavy atom. The Morgan fingerprint density at radius 2 is 2.10 bits per heavy atom. The Hall–Kier alpha value is -1.75. The second kappa shape index (κ2) is 4.63. The molecule has 2 bridgehead atoms. The molecule has 1 heterocycles. The van der Waals surface area contributed by atoms with Crippen LogP contribution in [0.4, 0.5) is 4.39 Å². The van der Waals surface area contributed by atoms with Gasteiger partial charge in [-0.3, -0.25) is 0 Å². The molecule has 4 atom stereocenters. The minimum absolute atomic E-state index is 0.131. The molecule has 0 saturated heterocycles. The molecule has 0 radical (unpaired) electrons. The SMILES string of the molecule is Cc1cc(F)ccc1-c1noc(C2C3CCC(C3)C2N)n1. The highest BCUT2D eigenvalue weighted by Crippen LogP contribution is 2.51. The third kappa shape index (κ3) is 1.99. The third-order valence-corrected chi connectivity index (χ3v) is 5.14. The molecule has 4 nitrogen and oxygen atoms in total. The average molecular weight is 287 g/mol. The first-order valence-corrected chi connectivity index (χ1v) is 7.49.